The van der Waals surface area contributed by atoms with E-state index in [1.807, 2.05) is 13.0 Å². The number of nitriles is 1. The predicted octanol–water partition coefficient (Wildman–Crippen LogP) is 3.07. The molecule has 0 radical (unpaired) electrons. The van der Waals surface area contributed by atoms with Gasteiger partial charge in [-0.3, -0.25) is 9.69 Å². The normalized spacial score (nSPS) is 17.1. The molecule has 154 valence electrons. The number of carbonyl (C=O) groups is 1. The van der Waals surface area contributed by atoms with E-state index in [0.29, 0.717) is 35.7 Å². The number of hydrogen-bond donors (Lipinski definition) is 2. The average Bonchev–Trinajstić information content (AvgIpc) is 3.14. The predicted molar refractivity (Wildman–Crippen MR) is 113 cm³/mol. The number of nitrogens with one attached hydrogen (secondary N) is 2. The van der Waals surface area contributed by atoms with Gasteiger partial charge in [-0.1, -0.05) is 13.8 Å². The van der Waals surface area contributed by atoms with E-state index in [-0.39, 0.29) is 11.8 Å². The molecule has 3 heterocycles. The summed E-state index contributed by atoms with van der Waals surface area (Å²) in [5, 5.41) is 17.4. The van der Waals surface area contributed by atoms with Crippen molar-refractivity contribution < 1.29 is 4.79 Å². The second kappa shape index (κ2) is 9.76. The van der Waals surface area contributed by atoms with Crippen LogP contribution in [0.4, 0.5) is 10.9 Å². The highest BCUT2D eigenvalue weighted by molar-refractivity contribution is 7.14. The molecule has 0 aromatic carbocycles. The first kappa shape index (κ1) is 21.1. The Labute approximate surface area is 175 Å². The molecule has 3 rings (SSSR count). The summed E-state index contributed by atoms with van der Waals surface area (Å²) in [6.45, 7) is 8.85. The number of amides is 1. The molecule has 1 atom stereocenters. The van der Waals surface area contributed by atoms with E-state index in [1.54, 1.807) is 5.38 Å². The molecule has 1 aliphatic rings. The van der Waals surface area contributed by atoms with E-state index in [2.05, 4.69) is 45.4 Å². The number of hydrogen-bond acceptors (Lipinski definition) is 8. The van der Waals surface area contributed by atoms with Crippen molar-refractivity contribution in [2.45, 2.75) is 39.5 Å². The summed E-state index contributed by atoms with van der Waals surface area (Å²) < 4.78 is 0. The molecule has 1 fully saturated rings. The fourth-order valence-electron chi connectivity index (χ4n) is 3.28. The highest BCUT2D eigenvalue weighted by Crippen LogP contribution is 2.27. The summed E-state index contributed by atoms with van der Waals surface area (Å²) in [4.78, 5) is 28.0. The van der Waals surface area contributed by atoms with Crippen molar-refractivity contribution in [2.75, 3.05) is 31.5 Å². The van der Waals surface area contributed by atoms with Crippen molar-refractivity contribution in [3.05, 3.63) is 28.7 Å². The number of thiazole rings is 1. The Balaban J connectivity index is 1.69. The van der Waals surface area contributed by atoms with Gasteiger partial charge >= 0.3 is 0 Å². The number of likely N-dealkylation sites (tertiary alicyclic amines) is 1. The third-order valence-corrected chi connectivity index (χ3v) is 5.44. The number of carbonyl (C=O) groups excluding carboxylic acids is 1. The highest BCUT2D eigenvalue weighted by Gasteiger charge is 2.24. The van der Waals surface area contributed by atoms with Crippen LogP contribution in [0.1, 0.15) is 54.6 Å². The van der Waals surface area contributed by atoms with Gasteiger partial charge in [0, 0.05) is 36.1 Å². The van der Waals surface area contributed by atoms with Gasteiger partial charge in [0.2, 0.25) is 0 Å². The number of aromatic nitrogens is 3. The molecule has 1 aliphatic heterocycles. The minimum atomic E-state index is -0.164. The van der Waals surface area contributed by atoms with Gasteiger partial charge in [0.25, 0.3) is 5.91 Å². The molecule has 8 nitrogen and oxygen atoms in total. The van der Waals surface area contributed by atoms with Crippen molar-refractivity contribution in [1.29, 1.82) is 5.26 Å². The largest absolute Gasteiger partial charge is 0.350 e. The smallest absolute Gasteiger partial charge is 0.270 e. The van der Waals surface area contributed by atoms with Crippen LogP contribution in [-0.4, -0.2) is 51.9 Å². The zero-order valence-corrected chi connectivity index (χ0v) is 17.9. The van der Waals surface area contributed by atoms with Crippen LogP contribution in [0, 0.1) is 24.2 Å². The lowest BCUT2D eigenvalue weighted by Crippen LogP contribution is -2.35. The molecule has 2 aromatic heterocycles. The number of rotatable bonds is 7. The Bertz CT molecular complexity index is 889. The molecule has 0 saturated carbocycles. The van der Waals surface area contributed by atoms with Gasteiger partial charge in [-0.05, 0) is 32.2 Å². The maximum absolute atomic E-state index is 12.2. The van der Waals surface area contributed by atoms with Crippen LogP contribution in [-0.2, 0) is 0 Å². The van der Waals surface area contributed by atoms with Crippen molar-refractivity contribution in [3.63, 3.8) is 0 Å². The molecule has 9 heteroatoms. The Hall–Kier alpha value is -2.57. The van der Waals surface area contributed by atoms with E-state index in [0.717, 1.165) is 37.4 Å². The summed E-state index contributed by atoms with van der Waals surface area (Å²) in [7, 11) is 0. The Morgan fingerprint density at radius 2 is 2.24 bits per heavy atom. The van der Waals surface area contributed by atoms with E-state index in [4.69, 9.17) is 10.2 Å². The molecule has 29 heavy (non-hydrogen) atoms. The molecule has 2 N–H and O–H groups in total. The first-order chi connectivity index (χ1) is 13.9. The van der Waals surface area contributed by atoms with Crippen LogP contribution in [0.15, 0.2) is 11.4 Å². The molecule has 0 bridgehead atoms. The lowest BCUT2D eigenvalue weighted by atomic mass is 9.97. The van der Waals surface area contributed by atoms with Crippen LogP contribution in [0.5, 0.6) is 0 Å². The summed E-state index contributed by atoms with van der Waals surface area (Å²) in [5.74, 6) is 1.91. The SMILES string of the molecule is Cc1cc(Nc2nc(C(=O)NCC(C)C)cs2)nc(C2CCCN(CC#N)C2)n1. The topological polar surface area (TPSA) is 107 Å². The Morgan fingerprint density at radius 1 is 1.41 bits per heavy atom. The van der Waals surface area contributed by atoms with Gasteiger partial charge in [0.1, 0.15) is 17.3 Å². The maximum atomic E-state index is 12.2. The standard InChI is InChI=1S/C20H27N7OS/c1-13(2)10-22-19(28)16-12-29-20(24-16)26-17-9-14(3)23-18(25-17)15-5-4-7-27(11-15)8-6-21/h9,12-13,15H,4-5,7-8,10-11H2,1-3H3,(H,22,28)(H,23,24,25,26). The molecule has 2 aromatic rings. The van der Waals surface area contributed by atoms with Gasteiger partial charge in [0.15, 0.2) is 5.13 Å². The molecule has 1 unspecified atom stereocenters. The van der Waals surface area contributed by atoms with Crippen molar-refractivity contribution in [3.8, 4) is 6.07 Å². The zero-order chi connectivity index (χ0) is 20.8. The van der Waals surface area contributed by atoms with Crippen LogP contribution < -0.4 is 10.6 Å². The highest BCUT2D eigenvalue weighted by atomic mass is 32.1. The van der Waals surface area contributed by atoms with E-state index in [9.17, 15) is 4.79 Å². The summed E-state index contributed by atoms with van der Waals surface area (Å²) in [6.07, 6.45) is 2.05. The summed E-state index contributed by atoms with van der Waals surface area (Å²) >= 11 is 1.37. The van der Waals surface area contributed by atoms with Gasteiger partial charge in [-0.25, -0.2) is 15.0 Å². The van der Waals surface area contributed by atoms with Crippen LogP contribution >= 0.6 is 11.3 Å². The molecule has 1 saturated heterocycles. The lowest BCUT2D eigenvalue weighted by molar-refractivity contribution is 0.0945. The van der Waals surface area contributed by atoms with E-state index < -0.39 is 0 Å². The quantitative estimate of drug-likeness (QED) is 0.672. The number of aryl methyl sites for hydroxylation is 1. The summed E-state index contributed by atoms with van der Waals surface area (Å²) in [6, 6.07) is 4.10. The van der Waals surface area contributed by atoms with Crippen LogP contribution in [0.2, 0.25) is 0 Å². The molecule has 0 spiro atoms. The Morgan fingerprint density at radius 3 is 3.00 bits per heavy atom. The second-order valence-corrected chi connectivity index (χ2v) is 8.61. The van der Waals surface area contributed by atoms with E-state index in [1.165, 1.54) is 11.3 Å². The first-order valence-electron chi connectivity index (χ1n) is 9.90. The molecular weight excluding hydrogens is 386 g/mol. The monoisotopic (exact) mass is 413 g/mol. The first-order valence-corrected chi connectivity index (χ1v) is 10.8. The van der Waals surface area contributed by atoms with Crippen LogP contribution in [0.3, 0.4) is 0 Å². The summed E-state index contributed by atoms with van der Waals surface area (Å²) in [5.41, 5.74) is 1.28. The average molecular weight is 414 g/mol. The zero-order valence-electron chi connectivity index (χ0n) is 17.1. The molecule has 0 aliphatic carbocycles. The number of nitrogens with zero attached hydrogens (tertiary/aromatic N) is 5. The van der Waals surface area contributed by atoms with E-state index >= 15 is 0 Å². The van der Waals surface area contributed by atoms with Crippen molar-refractivity contribution in [2.24, 2.45) is 5.92 Å². The fraction of sp³-hybridized carbons (Fsp3) is 0.550. The minimum absolute atomic E-state index is 0.164. The van der Waals surface area contributed by atoms with Gasteiger partial charge in [0.05, 0.1) is 12.6 Å². The Kier molecular flexibility index (Phi) is 7.12. The van der Waals surface area contributed by atoms with Crippen molar-refractivity contribution >= 4 is 28.2 Å². The number of piperidine rings is 1. The van der Waals surface area contributed by atoms with Gasteiger partial charge in [-0.15, -0.1) is 11.3 Å². The lowest BCUT2D eigenvalue weighted by Gasteiger charge is -2.30. The third kappa shape index (κ3) is 5.95. The molecular formula is C20H27N7OS. The van der Waals surface area contributed by atoms with Gasteiger partial charge < -0.3 is 10.6 Å². The second-order valence-electron chi connectivity index (χ2n) is 7.75. The maximum Gasteiger partial charge on any atom is 0.270 e. The van der Waals surface area contributed by atoms with Crippen molar-refractivity contribution in [1.82, 2.24) is 25.2 Å². The number of anilines is 2. The fourth-order valence-corrected chi connectivity index (χ4v) is 3.98. The third-order valence-electron chi connectivity index (χ3n) is 4.68. The van der Waals surface area contributed by atoms with Crippen LogP contribution in [0.25, 0.3) is 0 Å². The molecule has 1 amide bonds. The van der Waals surface area contributed by atoms with Gasteiger partial charge in [-0.2, -0.15) is 5.26 Å². The minimum Gasteiger partial charge on any atom is -0.350 e.